The number of carbonyl (C=O) groups excluding carboxylic acids is 1. The van der Waals surface area contributed by atoms with Gasteiger partial charge in [0.25, 0.3) is 5.91 Å². The molecule has 2 rings (SSSR count). The standard InChI is InChI=1S/C16H23NO3/c1-20-11-12-5-4-8-14(9-12)16(19)17-10-15(18)13-6-2-3-7-13/h4-5,8-9,13,15,18H,2-3,6-7,10-11H2,1H3,(H,17,19). The fraction of sp³-hybridized carbons (Fsp3) is 0.562. The molecule has 4 heteroatoms. The number of benzene rings is 1. The predicted molar refractivity (Wildman–Crippen MR) is 77.5 cm³/mol. The van der Waals surface area contributed by atoms with Crippen molar-refractivity contribution in [3.63, 3.8) is 0 Å². The molecule has 1 fully saturated rings. The van der Waals surface area contributed by atoms with E-state index in [1.807, 2.05) is 18.2 Å². The van der Waals surface area contributed by atoms with Crippen molar-refractivity contribution in [1.82, 2.24) is 5.32 Å². The van der Waals surface area contributed by atoms with Gasteiger partial charge in [-0.25, -0.2) is 0 Å². The Labute approximate surface area is 120 Å². The van der Waals surface area contributed by atoms with E-state index < -0.39 is 6.10 Å². The van der Waals surface area contributed by atoms with Crippen LogP contribution in [0.2, 0.25) is 0 Å². The Morgan fingerprint density at radius 3 is 2.90 bits per heavy atom. The van der Waals surface area contributed by atoms with E-state index in [1.165, 1.54) is 12.8 Å². The molecule has 0 spiro atoms. The highest BCUT2D eigenvalue weighted by Gasteiger charge is 2.23. The van der Waals surface area contributed by atoms with E-state index in [-0.39, 0.29) is 5.91 Å². The molecule has 1 aromatic rings. The number of hydrogen-bond donors (Lipinski definition) is 2. The zero-order chi connectivity index (χ0) is 14.4. The van der Waals surface area contributed by atoms with Crippen molar-refractivity contribution in [1.29, 1.82) is 0 Å². The highest BCUT2D eigenvalue weighted by molar-refractivity contribution is 5.94. The van der Waals surface area contributed by atoms with Crippen molar-refractivity contribution in [2.45, 2.75) is 38.4 Å². The Kier molecular flexibility index (Phi) is 5.56. The first kappa shape index (κ1) is 15.0. The third kappa shape index (κ3) is 4.05. The van der Waals surface area contributed by atoms with Crippen molar-refractivity contribution < 1.29 is 14.6 Å². The van der Waals surface area contributed by atoms with Crippen LogP contribution in [0.3, 0.4) is 0 Å². The summed E-state index contributed by atoms with van der Waals surface area (Å²) in [7, 11) is 1.63. The average molecular weight is 277 g/mol. The number of amides is 1. The molecule has 110 valence electrons. The molecule has 1 saturated carbocycles. The lowest BCUT2D eigenvalue weighted by Gasteiger charge is -2.18. The van der Waals surface area contributed by atoms with Gasteiger partial charge < -0.3 is 15.2 Å². The largest absolute Gasteiger partial charge is 0.391 e. The zero-order valence-electron chi connectivity index (χ0n) is 12.0. The number of rotatable bonds is 6. The Morgan fingerprint density at radius 1 is 1.45 bits per heavy atom. The topological polar surface area (TPSA) is 58.6 Å². The highest BCUT2D eigenvalue weighted by atomic mass is 16.5. The minimum atomic E-state index is -0.427. The van der Waals surface area contributed by atoms with Gasteiger partial charge in [0.2, 0.25) is 0 Å². The molecule has 0 radical (unpaired) electrons. The molecule has 1 aromatic carbocycles. The van der Waals surface area contributed by atoms with E-state index >= 15 is 0 Å². The quantitative estimate of drug-likeness (QED) is 0.837. The van der Waals surface area contributed by atoms with E-state index in [0.29, 0.717) is 24.6 Å². The zero-order valence-corrected chi connectivity index (χ0v) is 12.0. The summed E-state index contributed by atoms with van der Waals surface area (Å²) in [6.45, 7) is 0.823. The molecule has 4 nitrogen and oxygen atoms in total. The van der Waals surface area contributed by atoms with Crippen LogP contribution in [-0.2, 0) is 11.3 Å². The lowest BCUT2D eigenvalue weighted by Crippen LogP contribution is -2.35. The lowest BCUT2D eigenvalue weighted by atomic mass is 10.0. The molecule has 0 aromatic heterocycles. The maximum Gasteiger partial charge on any atom is 0.251 e. The summed E-state index contributed by atoms with van der Waals surface area (Å²) in [5, 5.41) is 12.9. The predicted octanol–water partition coefficient (Wildman–Crippen LogP) is 2.11. The molecule has 2 N–H and O–H groups in total. The van der Waals surface area contributed by atoms with E-state index in [0.717, 1.165) is 18.4 Å². The maximum absolute atomic E-state index is 12.1. The molecule has 20 heavy (non-hydrogen) atoms. The number of methoxy groups -OCH3 is 1. The van der Waals surface area contributed by atoms with Crippen LogP contribution in [-0.4, -0.2) is 30.8 Å². The summed E-state index contributed by atoms with van der Waals surface area (Å²) in [6.07, 6.45) is 4.09. The van der Waals surface area contributed by atoms with Gasteiger partial charge in [0.15, 0.2) is 0 Å². The van der Waals surface area contributed by atoms with Crippen molar-refractivity contribution in [3.8, 4) is 0 Å². The van der Waals surface area contributed by atoms with Gasteiger partial charge >= 0.3 is 0 Å². The number of carbonyl (C=O) groups is 1. The molecule has 1 unspecified atom stereocenters. The van der Waals surface area contributed by atoms with Crippen LogP contribution in [0.4, 0.5) is 0 Å². The van der Waals surface area contributed by atoms with E-state index in [2.05, 4.69) is 5.32 Å². The van der Waals surface area contributed by atoms with Gasteiger partial charge in [-0.2, -0.15) is 0 Å². The number of hydrogen-bond acceptors (Lipinski definition) is 3. The second-order valence-corrected chi connectivity index (χ2v) is 5.46. The monoisotopic (exact) mass is 277 g/mol. The van der Waals surface area contributed by atoms with Gasteiger partial charge in [-0.3, -0.25) is 4.79 Å². The molecule has 1 aliphatic carbocycles. The van der Waals surface area contributed by atoms with Gasteiger partial charge in [-0.05, 0) is 36.5 Å². The molecule has 1 amide bonds. The second kappa shape index (κ2) is 7.41. The van der Waals surface area contributed by atoms with Crippen molar-refractivity contribution >= 4 is 5.91 Å². The summed E-state index contributed by atoms with van der Waals surface area (Å²) in [4.78, 5) is 12.1. The summed E-state index contributed by atoms with van der Waals surface area (Å²) in [5.41, 5.74) is 1.58. The first-order valence-electron chi connectivity index (χ1n) is 7.25. The normalized spacial score (nSPS) is 17.1. The highest BCUT2D eigenvalue weighted by Crippen LogP contribution is 2.27. The van der Waals surface area contributed by atoms with Crippen LogP contribution in [0.5, 0.6) is 0 Å². The maximum atomic E-state index is 12.1. The van der Waals surface area contributed by atoms with Crippen LogP contribution in [0.1, 0.15) is 41.6 Å². The number of aliphatic hydroxyl groups is 1. The van der Waals surface area contributed by atoms with Crippen LogP contribution in [0.15, 0.2) is 24.3 Å². The molecule has 0 bridgehead atoms. The molecular formula is C16H23NO3. The number of aliphatic hydroxyl groups excluding tert-OH is 1. The molecular weight excluding hydrogens is 254 g/mol. The Morgan fingerprint density at radius 2 is 2.20 bits per heavy atom. The smallest absolute Gasteiger partial charge is 0.251 e. The van der Waals surface area contributed by atoms with Gasteiger partial charge in [0.1, 0.15) is 0 Å². The number of ether oxygens (including phenoxy) is 1. The average Bonchev–Trinajstić information content (AvgIpc) is 2.99. The van der Waals surface area contributed by atoms with Crippen molar-refractivity contribution in [2.75, 3.05) is 13.7 Å². The lowest BCUT2D eigenvalue weighted by molar-refractivity contribution is 0.0840. The second-order valence-electron chi connectivity index (χ2n) is 5.46. The third-order valence-electron chi connectivity index (χ3n) is 3.92. The molecule has 0 heterocycles. The van der Waals surface area contributed by atoms with Crippen LogP contribution in [0.25, 0.3) is 0 Å². The minimum absolute atomic E-state index is 0.139. The fourth-order valence-electron chi connectivity index (χ4n) is 2.78. The Hall–Kier alpha value is -1.39. The van der Waals surface area contributed by atoms with E-state index in [9.17, 15) is 9.90 Å². The minimum Gasteiger partial charge on any atom is -0.391 e. The van der Waals surface area contributed by atoms with Gasteiger partial charge in [-0.15, -0.1) is 0 Å². The molecule has 0 aliphatic heterocycles. The SMILES string of the molecule is COCc1cccc(C(=O)NCC(O)C2CCCC2)c1. The Bertz CT molecular complexity index is 441. The first-order valence-corrected chi connectivity index (χ1v) is 7.25. The summed E-state index contributed by atoms with van der Waals surface area (Å²) < 4.78 is 5.06. The van der Waals surface area contributed by atoms with Crippen LogP contribution < -0.4 is 5.32 Å². The van der Waals surface area contributed by atoms with E-state index in [1.54, 1.807) is 13.2 Å². The van der Waals surface area contributed by atoms with Crippen molar-refractivity contribution in [2.24, 2.45) is 5.92 Å². The summed E-state index contributed by atoms with van der Waals surface area (Å²) in [6, 6.07) is 7.36. The van der Waals surface area contributed by atoms with Gasteiger partial charge in [0.05, 0.1) is 12.7 Å². The first-order chi connectivity index (χ1) is 9.70. The molecule has 1 aliphatic rings. The third-order valence-corrected chi connectivity index (χ3v) is 3.92. The van der Waals surface area contributed by atoms with Crippen LogP contribution >= 0.6 is 0 Å². The molecule has 0 saturated heterocycles. The Balaban J connectivity index is 1.86. The van der Waals surface area contributed by atoms with Gasteiger partial charge in [0, 0.05) is 19.2 Å². The van der Waals surface area contributed by atoms with Crippen molar-refractivity contribution in [3.05, 3.63) is 35.4 Å². The summed E-state index contributed by atoms with van der Waals surface area (Å²) >= 11 is 0. The number of nitrogens with one attached hydrogen (secondary N) is 1. The summed E-state index contributed by atoms with van der Waals surface area (Å²) in [5.74, 6) is 0.204. The fourth-order valence-corrected chi connectivity index (χ4v) is 2.78. The molecule has 1 atom stereocenters. The van der Waals surface area contributed by atoms with Crippen LogP contribution in [0, 0.1) is 5.92 Å². The van der Waals surface area contributed by atoms with Gasteiger partial charge in [-0.1, -0.05) is 25.0 Å². The van der Waals surface area contributed by atoms with E-state index in [4.69, 9.17) is 4.74 Å².